The standard InChI is InChI=1S/C20H28N4O2S/c1-22-19(26)24(11-2-3-16-4-9-21-10-5-16)18(25)20(22)7-12-23(13-8-20)17-6-14-27-15-17/h4-5,9-10,17H,2-3,6-8,11-15H2,1H3. The van der Waals surface area contributed by atoms with Crippen LogP contribution in [0.15, 0.2) is 24.5 Å². The number of thioether (sulfide) groups is 1. The van der Waals surface area contributed by atoms with Crippen LogP contribution in [0.5, 0.6) is 0 Å². The largest absolute Gasteiger partial charge is 0.327 e. The Hall–Kier alpha value is -1.60. The Balaban J connectivity index is 1.37. The molecule has 0 radical (unpaired) electrons. The van der Waals surface area contributed by atoms with E-state index in [2.05, 4.69) is 9.88 Å². The number of piperidine rings is 1. The molecule has 3 aliphatic rings. The Labute approximate surface area is 165 Å². The zero-order valence-corrected chi connectivity index (χ0v) is 16.8. The van der Waals surface area contributed by atoms with Crippen molar-refractivity contribution in [2.45, 2.75) is 43.7 Å². The quantitative estimate of drug-likeness (QED) is 0.724. The first kappa shape index (κ1) is 18.7. The molecule has 3 fully saturated rings. The second-order valence-corrected chi connectivity index (χ2v) is 8.99. The van der Waals surface area contributed by atoms with E-state index < -0.39 is 5.54 Å². The molecule has 1 unspecified atom stereocenters. The molecule has 1 aromatic rings. The number of hydrogen-bond donors (Lipinski definition) is 0. The summed E-state index contributed by atoms with van der Waals surface area (Å²) < 4.78 is 0. The first-order valence-corrected chi connectivity index (χ1v) is 11.1. The molecular formula is C20H28N4O2S. The van der Waals surface area contributed by atoms with E-state index in [9.17, 15) is 9.59 Å². The van der Waals surface area contributed by atoms with E-state index in [0.717, 1.165) is 38.8 Å². The van der Waals surface area contributed by atoms with Crippen molar-refractivity contribution in [3.05, 3.63) is 30.1 Å². The van der Waals surface area contributed by atoms with Crippen LogP contribution in [0.4, 0.5) is 4.79 Å². The minimum Gasteiger partial charge on any atom is -0.312 e. The maximum absolute atomic E-state index is 13.2. The van der Waals surface area contributed by atoms with Gasteiger partial charge in [0.1, 0.15) is 5.54 Å². The van der Waals surface area contributed by atoms with Gasteiger partial charge in [0.15, 0.2) is 0 Å². The number of amides is 3. The van der Waals surface area contributed by atoms with Crippen LogP contribution in [0.3, 0.4) is 0 Å². The molecular weight excluding hydrogens is 360 g/mol. The number of likely N-dealkylation sites (tertiary alicyclic amines) is 1. The third kappa shape index (κ3) is 3.47. The molecule has 3 amide bonds. The fourth-order valence-electron chi connectivity index (χ4n) is 4.65. The number of carbonyl (C=O) groups is 2. The predicted octanol–water partition coefficient (Wildman–Crippen LogP) is 2.25. The van der Waals surface area contributed by atoms with Gasteiger partial charge in [-0.2, -0.15) is 11.8 Å². The molecule has 6 nitrogen and oxygen atoms in total. The molecule has 0 N–H and O–H groups in total. The average Bonchev–Trinajstić information content (AvgIpc) is 3.30. The fourth-order valence-corrected chi connectivity index (χ4v) is 5.91. The summed E-state index contributed by atoms with van der Waals surface area (Å²) in [6, 6.07) is 4.50. The third-order valence-electron chi connectivity index (χ3n) is 6.45. The highest BCUT2D eigenvalue weighted by atomic mass is 32.2. The lowest BCUT2D eigenvalue weighted by Gasteiger charge is -2.42. The summed E-state index contributed by atoms with van der Waals surface area (Å²) in [6.07, 6.45) is 7.97. The van der Waals surface area contributed by atoms with Crippen molar-refractivity contribution in [3.8, 4) is 0 Å². The summed E-state index contributed by atoms with van der Waals surface area (Å²) >= 11 is 2.02. The van der Waals surface area contributed by atoms with Crippen molar-refractivity contribution in [2.24, 2.45) is 0 Å². The number of pyridine rings is 1. The van der Waals surface area contributed by atoms with Gasteiger partial charge in [-0.3, -0.25) is 19.6 Å². The maximum Gasteiger partial charge on any atom is 0.327 e. The van der Waals surface area contributed by atoms with Gasteiger partial charge in [-0.15, -0.1) is 0 Å². The normalized spacial score (nSPS) is 25.7. The summed E-state index contributed by atoms with van der Waals surface area (Å²) in [6.45, 7) is 2.33. The lowest BCUT2D eigenvalue weighted by molar-refractivity contribution is -0.135. The number of imide groups is 1. The Morgan fingerprint density at radius 3 is 2.63 bits per heavy atom. The Kier molecular flexibility index (Phi) is 5.41. The van der Waals surface area contributed by atoms with Gasteiger partial charge < -0.3 is 4.90 Å². The molecule has 1 spiro atoms. The SMILES string of the molecule is CN1C(=O)N(CCCc2ccncc2)C(=O)C12CCN(C1CCSC1)CC2. The van der Waals surface area contributed by atoms with Crippen molar-refractivity contribution in [1.82, 2.24) is 19.7 Å². The first-order valence-electron chi connectivity index (χ1n) is 9.92. The number of likely N-dealkylation sites (N-methyl/N-ethyl adjacent to an activating group) is 1. The van der Waals surface area contributed by atoms with Gasteiger partial charge in [0, 0.05) is 50.9 Å². The van der Waals surface area contributed by atoms with E-state index in [1.807, 2.05) is 30.9 Å². The number of aromatic nitrogens is 1. The average molecular weight is 389 g/mol. The van der Waals surface area contributed by atoms with Crippen molar-refractivity contribution >= 4 is 23.7 Å². The minimum atomic E-state index is -0.615. The smallest absolute Gasteiger partial charge is 0.312 e. The van der Waals surface area contributed by atoms with Gasteiger partial charge in [-0.05, 0) is 55.6 Å². The summed E-state index contributed by atoms with van der Waals surface area (Å²) in [5.74, 6) is 2.47. The molecule has 1 atom stereocenters. The van der Waals surface area contributed by atoms with Gasteiger partial charge in [-0.25, -0.2) is 4.79 Å². The number of aryl methyl sites for hydroxylation is 1. The maximum atomic E-state index is 13.2. The van der Waals surface area contributed by atoms with Gasteiger partial charge in [0.2, 0.25) is 0 Å². The third-order valence-corrected chi connectivity index (χ3v) is 7.59. The van der Waals surface area contributed by atoms with Crippen molar-refractivity contribution in [2.75, 3.05) is 38.2 Å². The molecule has 27 heavy (non-hydrogen) atoms. The van der Waals surface area contributed by atoms with E-state index in [4.69, 9.17) is 0 Å². The molecule has 3 saturated heterocycles. The van der Waals surface area contributed by atoms with Crippen LogP contribution in [0.2, 0.25) is 0 Å². The van der Waals surface area contributed by atoms with E-state index in [0.29, 0.717) is 12.6 Å². The van der Waals surface area contributed by atoms with E-state index in [-0.39, 0.29) is 11.9 Å². The first-order chi connectivity index (χ1) is 13.1. The molecule has 0 bridgehead atoms. The molecule has 0 aromatic carbocycles. The zero-order chi connectivity index (χ0) is 18.9. The Morgan fingerprint density at radius 1 is 1.22 bits per heavy atom. The van der Waals surface area contributed by atoms with Crippen LogP contribution < -0.4 is 0 Å². The lowest BCUT2D eigenvalue weighted by atomic mass is 9.85. The molecule has 146 valence electrons. The Bertz CT molecular complexity index is 684. The van der Waals surface area contributed by atoms with Crippen molar-refractivity contribution < 1.29 is 9.59 Å². The van der Waals surface area contributed by atoms with Gasteiger partial charge in [0.25, 0.3) is 5.91 Å². The molecule has 0 saturated carbocycles. The van der Waals surface area contributed by atoms with Gasteiger partial charge in [-0.1, -0.05) is 0 Å². The monoisotopic (exact) mass is 388 g/mol. The molecule has 3 aliphatic heterocycles. The van der Waals surface area contributed by atoms with E-state index >= 15 is 0 Å². The van der Waals surface area contributed by atoms with Crippen LogP contribution in [0.1, 0.15) is 31.2 Å². The highest BCUT2D eigenvalue weighted by molar-refractivity contribution is 7.99. The number of carbonyl (C=O) groups excluding carboxylic acids is 2. The van der Waals surface area contributed by atoms with Crippen molar-refractivity contribution in [3.63, 3.8) is 0 Å². The topological polar surface area (TPSA) is 56.8 Å². The highest BCUT2D eigenvalue weighted by Gasteiger charge is 2.56. The van der Waals surface area contributed by atoms with Crippen LogP contribution in [-0.2, 0) is 11.2 Å². The second-order valence-electron chi connectivity index (χ2n) is 7.84. The van der Waals surface area contributed by atoms with Crippen LogP contribution in [0.25, 0.3) is 0 Å². The number of hydrogen-bond acceptors (Lipinski definition) is 5. The van der Waals surface area contributed by atoms with Crippen LogP contribution in [0, 0.1) is 0 Å². The van der Waals surface area contributed by atoms with Gasteiger partial charge >= 0.3 is 6.03 Å². The minimum absolute atomic E-state index is 0.0187. The number of urea groups is 1. The summed E-state index contributed by atoms with van der Waals surface area (Å²) in [7, 11) is 1.81. The fraction of sp³-hybridized carbons (Fsp3) is 0.650. The second kappa shape index (κ2) is 7.80. The number of nitrogens with zero attached hydrogens (tertiary/aromatic N) is 4. The molecule has 4 heterocycles. The van der Waals surface area contributed by atoms with Crippen molar-refractivity contribution in [1.29, 1.82) is 0 Å². The summed E-state index contributed by atoms with van der Waals surface area (Å²) in [5.41, 5.74) is 0.575. The predicted molar refractivity (Wildman–Crippen MR) is 107 cm³/mol. The highest BCUT2D eigenvalue weighted by Crippen LogP contribution is 2.37. The van der Waals surface area contributed by atoms with E-state index in [1.165, 1.54) is 28.4 Å². The molecule has 7 heteroatoms. The summed E-state index contributed by atoms with van der Waals surface area (Å²) in [4.78, 5) is 35.7. The molecule has 1 aromatic heterocycles. The molecule has 4 rings (SSSR count). The van der Waals surface area contributed by atoms with E-state index in [1.54, 1.807) is 17.3 Å². The summed E-state index contributed by atoms with van der Waals surface area (Å²) in [5, 5.41) is 0. The Morgan fingerprint density at radius 2 is 1.96 bits per heavy atom. The lowest BCUT2D eigenvalue weighted by Crippen LogP contribution is -2.57. The molecule has 0 aliphatic carbocycles. The van der Waals surface area contributed by atoms with Crippen LogP contribution >= 0.6 is 11.8 Å². The number of rotatable bonds is 5. The van der Waals surface area contributed by atoms with Gasteiger partial charge in [0.05, 0.1) is 0 Å². The zero-order valence-electron chi connectivity index (χ0n) is 16.0. The van der Waals surface area contributed by atoms with Crippen LogP contribution in [-0.4, -0.2) is 81.4 Å².